The van der Waals surface area contributed by atoms with E-state index in [4.69, 9.17) is 10.5 Å². The molecule has 0 spiro atoms. The fraction of sp³-hybridized carbons (Fsp3) is 0.227. The Morgan fingerprint density at radius 3 is 2.25 bits per heavy atom. The second kappa shape index (κ2) is 9.92. The van der Waals surface area contributed by atoms with E-state index in [1.165, 1.54) is 24.5 Å². The number of sulfone groups is 1. The minimum Gasteiger partial charge on any atom is -0.449 e. The number of nitrogens with one attached hydrogen (secondary N) is 1. The molecule has 2 amide bonds. The zero-order chi connectivity index (χ0) is 23.3. The molecule has 32 heavy (non-hydrogen) atoms. The number of carbonyl (C=O) groups excluding carboxylic acids is 2. The average Bonchev–Trinajstić information content (AvgIpc) is 3.09. The summed E-state index contributed by atoms with van der Waals surface area (Å²) in [5, 5.41) is 3.22. The molecule has 8 nitrogen and oxygen atoms in total. The van der Waals surface area contributed by atoms with E-state index in [0.29, 0.717) is 18.0 Å². The Morgan fingerprint density at radius 2 is 1.69 bits per heavy atom. The fourth-order valence-corrected chi connectivity index (χ4v) is 4.73. The highest BCUT2D eigenvalue weighted by Crippen LogP contribution is 2.33. The van der Waals surface area contributed by atoms with Crippen LogP contribution < -0.4 is 11.1 Å². The second-order valence-corrected chi connectivity index (χ2v) is 10.3. The van der Waals surface area contributed by atoms with Crippen LogP contribution in [0.3, 0.4) is 0 Å². The third kappa shape index (κ3) is 6.38. The molecule has 0 unspecified atom stereocenters. The predicted molar refractivity (Wildman–Crippen MR) is 123 cm³/mol. The first-order valence-electron chi connectivity index (χ1n) is 9.69. The number of hydrogen-bond acceptors (Lipinski definition) is 7. The molecule has 3 aromatic rings. The fourth-order valence-electron chi connectivity index (χ4n) is 3.04. The second-order valence-electron chi connectivity index (χ2n) is 7.18. The maximum Gasteiger partial charge on any atom is 0.404 e. The molecule has 0 saturated carbocycles. The smallest absolute Gasteiger partial charge is 0.404 e. The van der Waals surface area contributed by atoms with Gasteiger partial charge in [-0.15, -0.1) is 11.3 Å². The van der Waals surface area contributed by atoms with Gasteiger partial charge in [-0.1, -0.05) is 36.4 Å². The van der Waals surface area contributed by atoms with E-state index in [0.717, 1.165) is 27.3 Å². The highest BCUT2D eigenvalue weighted by molar-refractivity contribution is 7.90. The third-order valence-electron chi connectivity index (χ3n) is 4.56. The first-order chi connectivity index (χ1) is 15.1. The number of ether oxygens (including phenoxy) is 1. The Morgan fingerprint density at radius 1 is 1.06 bits per heavy atom. The topological polar surface area (TPSA) is 128 Å². The molecule has 1 aromatic heterocycles. The van der Waals surface area contributed by atoms with E-state index in [9.17, 15) is 18.0 Å². The summed E-state index contributed by atoms with van der Waals surface area (Å²) in [6, 6.07) is 14.4. The molecule has 0 fully saturated rings. The van der Waals surface area contributed by atoms with E-state index in [2.05, 4.69) is 10.3 Å². The molecule has 0 radical (unpaired) electrons. The van der Waals surface area contributed by atoms with Crippen LogP contribution in [0.5, 0.6) is 0 Å². The van der Waals surface area contributed by atoms with Crippen molar-refractivity contribution in [2.75, 3.05) is 18.2 Å². The number of aromatic nitrogens is 1. The minimum absolute atomic E-state index is 0.201. The van der Waals surface area contributed by atoms with Crippen LogP contribution in [0.25, 0.3) is 11.3 Å². The highest BCUT2D eigenvalue weighted by atomic mass is 32.2. The van der Waals surface area contributed by atoms with Gasteiger partial charge in [0.15, 0.2) is 15.0 Å². The lowest BCUT2D eigenvalue weighted by molar-refractivity contribution is -0.114. The lowest BCUT2D eigenvalue weighted by Gasteiger charge is -2.06. The molecule has 2 aromatic carbocycles. The van der Waals surface area contributed by atoms with Crippen LogP contribution in [-0.2, 0) is 32.2 Å². The van der Waals surface area contributed by atoms with Gasteiger partial charge in [0.1, 0.15) is 0 Å². The molecule has 0 saturated heterocycles. The van der Waals surface area contributed by atoms with Crippen LogP contribution in [0.1, 0.15) is 22.9 Å². The number of nitrogens with two attached hydrogens (primary N) is 1. The molecule has 3 N–H and O–H groups in total. The zero-order valence-electron chi connectivity index (χ0n) is 17.6. The molecular formula is C22H23N3O5S2. The summed E-state index contributed by atoms with van der Waals surface area (Å²) < 4.78 is 28.2. The van der Waals surface area contributed by atoms with Crippen molar-refractivity contribution >= 4 is 38.3 Å². The summed E-state index contributed by atoms with van der Waals surface area (Å²) in [6.45, 7) is 1.63. The SMILES string of the molecule is CC(=O)Nc1nc(-c2ccc(CCOC(N)=O)cc2)c(Cc2ccc(S(C)(=O)=O)cc2)s1. The maximum absolute atomic E-state index is 11.7. The van der Waals surface area contributed by atoms with Gasteiger partial charge < -0.3 is 15.8 Å². The minimum atomic E-state index is -3.26. The molecule has 168 valence electrons. The summed E-state index contributed by atoms with van der Waals surface area (Å²) in [4.78, 5) is 28.0. The summed E-state index contributed by atoms with van der Waals surface area (Å²) in [6.07, 6.45) is 1.44. The number of thiazole rings is 1. The van der Waals surface area contributed by atoms with Crippen molar-refractivity contribution in [3.05, 3.63) is 64.5 Å². The number of anilines is 1. The monoisotopic (exact) mass is 473 g/mol. The first kappa shape index (κ1) is 23.4. The van der Waals surface area contributed by atoms with Crippen LogP contribution >= 0.6 is 11.3 Å². The van der Waals surface area contributed by atoms with Crippen molar-refractivity contribution in [1.29, 1.82) is 0 Å². The van der Waals surface area contributed by atoms with Crippen molar-refractivity contribution < 1.29 is 22.7 Å². The molecule has 0 aliphatic rings. The van der Waals surface area contributed by atoms with E-state index in [1.54, 1.807) is 24.3 Å². The van der Waals surface area contributed by atoms with E-state index >= 15 is 0 Å². The van der Waals surface area contributed by atoms with Crippen LogP contribution in [0, 0.1) is 0 Å². The molecular weight excluding hydrogens is 450 g/mol. The van der Waals surface area contributed by atoms with Crippen LogP contribution in [0.2, 0.25) is 0 Å². The summed E-state index contributed by atoms with van der Waals surface area (Å²) in [5.41, 5.74) is 8.50. The molecule has 10 heteroatoms. The summed E-state index contributed by atoms with van der Waals surface area (Å²) >= 11 is 1.38. The Hall–Kier alpha value is -3.24. The molecule has 0 bridgehead atoms. The normalized spacial score (nSPS) is 11.2. The summed E-state index contributed by atoms with van der Waals surface area (Å²) in [7, 11) is -3.26. The standard InChI is InChI=1S/C22H23N3O5S2/c1-14(26)24-22-25-20(17-7-3-15(4-8-17)11-12-30-21(23)27)19(31-22)13-16-5-9-18(10-6-16)32(2,28)29/h3-10H,11-13H2,1-2H3,(H2,23,27)(H,24,25,26). The van der Waals surface area contributed by atoms with Crippen molar-refractivity contribution in [1.82, 2.24) is 4.98 Å². The van der Waals surface area contributed by atoms with Gasteiger partial charge >= 0.3 is 6.09 Å². The van der Waals surface area contributed by atoms with Crippen LogP contribution in [-0.4, -0.2) is 38.3 Å². The number of carbonyl (C=O) groups is 2. The Balaban J connectivity index is 1.86. The molecule has 0 atom stereocenters. The van der Waals surface area contributed by atoms with Crippen molar-refractivity contribution in [2.24, 2.45) is 5.73 Å². The van der Waals surface area contributed by atoms with Gasteiger partial charge in [-0.05, 0) is 23.3 Å². The van der Waals surface area contributed by atoms with Gasteiger partial charge in [0.2, 0.25) is 5.91 Å². The number of primary amides is 1. The lowest BCUT2D eigenvalue weighted by atomic mass is 10.0. The Labute approximate surface area is 190 Å². The average molecular weight is 474 g/mol. The number of rotatable bonds is 8. The zero-order valence-corrected chi connectivity index (χ0v) is 19.3. The van der Waals surface area contributed by atoms with Gasteiger partial charge in [0, 0.05) is 36.5 Å². The Bertz CT molecular complexity index is 1220. The van der Waals surface area contributed by atoms with Crippen LogP contribution in [0.15, 0.2) is 53.4 Å². The third-order valence-corrected chi connectivity index (χ3v) is 6.66. The van der Waals surface area contributed by atoms with Gasteiger partial charge in [-0.2, -0.15) is 0 Å². The number of hydrogen-bond donors (Lipinski definition) is 2. The molecule has 0 aliphatic heterocycles. The van der Waals surface area contributed by atoms with Crippen LogP contribution in [0.4, 0.5) is 9.93 Å². The molecule has 0 aliphatic carbocycles. The first-order valence-corrected chi connectivity index (χ1v) is 12.4. The Kier molecular flexibility index (Phi) is 7.26. The highest BCUT2D eigenvalue weighted by Gasteiger charge is 2.15. The number of nitrogens with zero attached hydrogens (tertiary/aromatic N) is 1. The quantitative estimate of drug-likeness (QED) is 0.516. The van der Waals surface area contributed by atoms with Gasteiger partial charge in [0.25, 0.3) is 0 Å². The largest absolute Gasteiger partial charge is 0.449 e. The van der Waals surface area contributed by atoms with E-state index < -0.39 is 15.9 Å². The molecule has 1 heterocycles. The van der Waals surface area contributed by atoms with Gasteiger partial charge in [0.05, 0.1) is 17.2 Å². The van der Waals surface area contributed by atoms with Crippen molar-refractivity contribution in [3.8, 4) is 11.3 Å². The van der Waals surface area contributed by atoms with Gasteiger partial charge in [-0.25, -0.2) is 18.2 Å². The van der Waals surface area contributed by atoms with E-state index in [-0.39, 0.29) is 17.4 Å². The number of amides is 2. The molecule has 3 rings (SSSR count). The predicted octanol–water partition coefficient (Wildman–Crippen LogP) is 3.40. The lowest BCUT2D eigenvalue weighted by Crippen LogP contribution is -2.14. The summed E-state index contributed by atoms with van der Waals surface area (Å²) in [5.74, 6) is -0.209. The van der Waals surface area contributed by atoms with Crippen molar-refractivity contribution in [3.63, 3.8) is 0 Å². The van der Waals surface area contributed by atoms with Gasteiger partial charge in [-0.3, -0.25) is 4.79 Å². The maximum atomic E-state index is 11.7. The van der Waals surface area contributed by atoms with E-state index in [1.807, 2.05) is 24.3 Å². The number of benzene rings is 2. The van der Waals surface area contributed by atoms with Crippen molar-refractivity contribution in [2.45, 2.75) is 24.7 Å².